The number of nitrogens with zero attached hydrogens (tertiary/aromatic N) is 2. The van der Waals surface area contributed by atoms with E-state index in [2.05, 4.69) is 15.3 Å². The number of carbonyl (C=O) groups is 3. The first-order valence-electron chi connectivity index (χ1n) is 10.6. The van der Waals surface area contributed by atoms with Crippen LogP contribution in [0.25, 0.3) is 0 Å². The summed E-state index contributed by atoms with van der Waals surface area (Å²) in [6, 6.07) is 5.78. The fourth-order valence-corrected chi connectivity index (χ4v) is 4.51. The van der Waals surface area contributed by atoms with Crippen LogP contribution >= 0.6 is 23.2 Å². The number of carboxylic acids is 1. The number of carboxylic acid groups (broad SMARTS) is 1. The summed E-state index contributed by atoms with van der Waals surface area (Å²) >= 11 is 12.0. The quantitative estimate of drug-likeness (QED) is 0.535. The minimum atomic E-state index is -1.05. The number of anilines is 1. The van der Waals surface area contributed by atoms with Gasteiger partial charge in [-0.15, -0.1) is 0 Å². The SMILES string of the molecule is CCCC1C(=O)C(C)(C)C1=NC(Cc1ccc(NC(=O)c2c(Cl)cncc2Cl)cc1)C(=O)O. The highest BCUT2D eigenvalue weighted by molar-refractivity contribution is 6.40. The Labute approximate surface area is 202 Å². The van der Waals surface area contributed by atoms with Crippen LogP contribution in [0.5, 0.6) is 0 Å². The van der Waals surface area contributed by atoms with Crippen molar-refractivity contribution in [3.05, 3.63) is 57.8 Å². The zero-order chi connectivity index (χ0) is 24.3. The highest BCUT2D eigenvalue weighted by atomic mass is 35.5. The average molecular weight is 490 g/mol. The minimum absolute atomic E-state index is 0.113. The summed E-state index contributed by atoms with van der Waals surface area (Å²) in [4.78, 5) is 45.1. The van der Waals surface area contributed by atoms with Gasteiger partial charge in [0.15, 0.2) is 11.8 Å². The molecule has 0 radical (unpaired) electrons. The van der Waals surface area contributed by atoms with Crippen molar-refractivity contribution in [1.82, 2.24) is 4.98 Å². The third-order valence-electron chi connectivity index (χ3n) is 5.78. The van der Waals surface area contributed by atoms with Crippen molar-refractivity contribution in [3.63, 3.8) is 0 Å². The van der Waals surface area contributed by atoms with E-state index in [9.17, 15) is 19.5 Å². The number of benzene rings is 1. The van der Waals surface area contributed by atoms with E-state index in [0.29, 0.717) is 17.8 Å². The van der Waals surface area contributed by atoms with Crippen LogP contribution in [0.2, 0.25) is 10.0 Å². The highest BCUT2D eigenvalue weighted by Crippen LogP contribution is 2.41. The summed E-state index contributed by atoms with van der Waals surface area (Å²) in [5, 5.41) is 12.7. The molecule has 7 nitrogen and oxygen atoms in total. The van der Waals surface area contributed by atoms with Crippen LogP contribution in [0.15, 0.2) is 41.7 Å². The number of Topliss-reactive ketones (excluding diaryl/α,β-unsaturated/α-hetero) is 1. The molecule has 0 aliphatic heterocycles. The normalized spacial score (nSPS) is 19.1. The second-order valence-electron chi connectivity index (χ2n) is 8.53. The lowest BCUT2D eigenvalue weighted by atomic mass is 9.59. The van der Waals surface area contributed by atoms with Crippen LogP contribution in [0.4, 0.5) is 5.69 Å². The Kier molecular flexibility index (Phi) is 7.55. The van der Waals surface area contributed by atoms with Crippen LogP contribution in [-0.4, -0.2) is 39.5 Å². The van der Waals surface area contributed by atoms with Crippen molar-refractivity contribution in [1.29, 1.82) is 0 Å². The average Bonchev–Trinajstić information content (AvgIpc) is 2.76. The van der Waals surface area contributed by atoms with Gasteiger partial charge in [-0.1, -0.05) is 48.7 Å². The van der Waals surface area contributed by atoms with Crippen LogP contribution in [0.1, 0.15) is 49.5 Å². The molecule has 2 aromatic rings. The number of halogens is 2. The molecule has 1 fully saturated rings. The minimum Gasteiger partial charge on any atom is -0.480 e. The lowest BCUT2D eigenvalue weighted by Gasteiger charge is -2.43. The first-order chi connectivity index (χ1) is 15.6. The van der Waals surface area contributed by atoms with Gasteiger partial charge in [-0.05, 0) is 38.0 Å². The van der Waals surface area contributed by atoms with Gasteiger partial charge < -0.3 is 10.4 Å². The van der Waals surface area contributed by atoms with Gasteiger partial charge in [-0.25, -0.2) is 4.79 Å². The monoisotopic (exact) mass is 489 g/mol. The Morgan fingerprint density at radius 1 is 1.18 bits per heavy atom. The van der Waals surface area contributed by atoms with Crippen molar-refractivity contribution >= 4 is 52.3 Å². The van der Waals surface area contributed by atoms with Gasteiger partial charge in [0.2, 0.25) is 0 Å². The predicted octanol–water partition coefficient (Wildman–Crippen LogP) is 5.10. The van der Waals surface area contributed by atoms with Gasteiger partial charge in [0, 0.05) is 30.2 Å². The van der Waals surface area contributed by atoms with Gasteiger partial charge in [0.1, 0.15) is 0 Å². The van der Waals surface area contributed by atoms with Gasteiger partial charge in [-0.3, -0.25) is 19.6 Å². The molecule has 2 N–H and O–H groups in total. The summed E-state index contributed by atoms with van der Waals surface area (Å²) in [6.07, 6.45) is 4.33. The molecular weight excluding hydrogens is 465 g/mol. The summed E-state index contributed by atoms with van der Waals surface area (Å²) in [7, 11) is 0. The molecule has 1 aliphatic rings. The van der Waals surface area contributed by atoms with Gasteiger partial charge >= 0.3 is 5.97 Å². The molecule has 3 rings (SSSR count). The third-order valence-corrected chi connectivity index (χ3v) is 6.35. The van der Waals surface area contributed by atoms with E-state index in [1.807, 2.05) is 6.92 Å². The zero-order valence-corrected chi connectivity index (χ0v) is 20.1. The summed E-state index contributed by atoms with van der Waals surface area (Å²) in [6.45, 7) is 5.57. The molecule has 1 aromatic heterocycles. The lowest BCUT2D eigenvalue weighted by molar-refractivity contribution is -0.138. The standard InChI is InChI=1S/C24H25Cl2N3O4/c1-4-5-15-20(24(2,3)21(15)30)29-18(23(32)33)10-13-6-8-14(9-7-13)28-22(31)19-16(25)11-27-12-17(19)26/h6-9,11-12,15,18H,4-5,10H2,1-3H3,(H,28,31)(H,32,33). The van der Waals surface area contributed by atoms with Crippen molar-refractivity contribution in [2.75, 3.05) is 5.32 Å². The molecule has 1 aromatic carbocycles. The van der Waals surface area contributed by atoms with E-state index >= 15 is 0 Å². The molecule has 2 atom stereocenters. The molecule has 0 bridgehead atoms. The summed E-state index contributed by atoms with van der Waals surface area (Å²) < 4.78 is 0. The molecule has 1 aliphatic carbocycles. The molecule has 2 unspecified atom stereocenters. The molecule has 0 spiro atoms. The number of hydrogen-bond donors (Lipinski definition) is 2. The van der Waals surface area contributed by atoms with Crippen LogP contribution in [-0.2, 0) is 16.0 Å². The van der Waals surface area contributed by atoms with Gasteiger partial charge in [0.05, 0.1) is 26.9 Å². The maximum Gasteiger partial charge on any atom is 0.328 e. The fourth-order valence-electron chi connectivity index (χ4n) is 3.98. The van der Waals surface area contributed by atoms with Crippen molar-refractivity contribution < 1.29 is 19.5 Å². The van der Waals surface area contributed by atoms with Crippen LogP contribution in [0.3, 0.4) is 0 Å². The molecule has 1 heterocycles. The molecule has 33 heavy (non-hydrogen) atoms. The van der Waals surface area contributed by atoms with Crippen molar-refractivity contribution in [2.45, 2.75) is 46.1 Å². The molecular formula is C24H25Cl2N3O4. The van der Waals surface area contributed by atoms with E-state index in [4.69, 9.17) is 23.2 Å². The zero-order valence-electron chi connectivity index (χ0n) is 18.6. The van der Waals surface area contributed by atoms with Gasteiger partial charge in [-0.2, -0.15) is 0 Å². The van der Waals surface area contributed by atoms with Gasteiger partial charge in [0.25, 0.3) is 5.91 Å². The smallest absolute Gasteiger partial charge is 0.328 e. The first kappa shape index (κ1) is 24.9. The molecule has 1 amide bonds. The number of aromatic nitrogens is 1. The van der Waals surface area contributed by atoms with E-state index in [-0.39, 0.29) is 33.7 Å². The predicted molar refractivity (Wildman–Crippen MR) is 128 cm³/mol. The number of hydrogen-bond acceptors (Lipinski definition) is 5. The lowest BCUT2D eigenvalue weighted by Crippen LogP contribution is -2.56. The number of carbonyl (C=O) groups excluding carboxylic acids is 2. The summed E-state index contributed by atoms with van der Waals surface area (Å²) in [5.74, 6) is -1.71. The Morgan fingerprint density at radius 2 is 1.79 bits per heavy atom. The number of aliphatic imine (C=N–C) groups is 1. The number of rotatable bonds is 8. The Balaban J connectivity index is 1.74. The number of pyridine rings is 1. The second-order valence-corrected chi connectivity index (χ2v) is 9.35. The number of nitrogens with one attached hydrogen (secondary N) is 1. The molecule has 0 saturated heterocycles. The maximum absolute atomic E-state index is 12.5. The van der Waals surface area contributed by atoms with Crippen LogP contribution < -0.4 is 5.32 Å². The Hall–Kier alpha value is -2.77. The number of ketones is 1. The number of amides is 1. The van der Waals surface area contributed by atoms with E-state index < -0.39 is 23.3 Å². The van der Waals surface area contributed by atoms with Crippen molar-refractivity contribution in [3.8, 4) is 0 Å². The largest absolute Gasteiger partial charge is 0.480 e. The van der Waals surface area contributed by atoms with Crippen molar-refractivity contribution in [2.24, 2.45) is 16.3 Å². The first-order valence-corrected chi connectivity index (χ1v) is 11.4. The highest BCUT2D eigenvalue weighted by Gasteiger charge is 2.52. The van der Waals surface area contributed by atoms with E-state index in [1.54, 1.807) is 38.1 Å². The summed E-state index contributed by atoms with van der Waals surface area (Å²) in [5.41, 5.74) is 1.30. The Bertz CT molecular complexity index is 1090. The van der Waals surface area contributed by atoms with E-state index in [1.165, 1.54) is 12.4 Å². The third kappa shape index (κ3) is 5.25. The Morgan fingerprint density at radius 3 is 2.33 bits per heavy atom. The molecule has 1 saturated carbocycles. The molecule has 9 heteroatoms. The van der Waals surface area contributed by atoms with Crippen LogP contribution in [0, 0.1) is 11.3 Å². The second kappa shape index (κ2) is 10.0. The molecule has 174 valence electrons. The fraction of sp³-hybridized carbons (Fsp3) is 0.375. The maximum atomic E-state index is 12.5. The van der Waals surface area contributed by atoms with E-state index in [0.717, 1.165) is 12.0 Å². The number of aliphatic carboxylic acids is 1. The topological polar surface area (TPSA) is 109 Å².